The number of carbonyl (C=O) groups is 2. The second-order valence-corrected chi connectivity index (χ2v) is 4.67. The molecule has 0 saturated heterocycles. The van der Waals surface area contributed by atoms with Crippen molar-refractivity contribution in [2.45, 2.75) is 0 Å². The number of primary amides is 1. The molecule has 5 nitrogen and oxygen atoms in total. The topological polar surface area (TPSA) is 85.3 Å². The number of nitrogens with one attached hydrogen (secondary N) is 1. The number of hydrogen-bond acceptors (Lipinski definition) is 3. The smallest absolute Gasteiger partial charge is 0.291 e. The third kappa shape index (κ3) is 3.58. The van der Waals surface area contributed by atoms with Crippen LogP contribution in [0.4, 0.5) is 0 Å². The fraction of sp³-hybridized carbons (Fsp3) is 0. The zero-order chi connectivity index (χ0) is 14.5. The molecule has 0 bridgehead atoms. The van der Waals surface area contributed by atoms with Gasteiger partial charge in [-0.2, -0.15) is 0 Å². The number of amides is 2. The van der Waals surface area contributed by atoms with E-state index >= 15 is 0 Å². The predicted molar refractivity (Wildman–Crippen MR) is 77.5 cm³/mol. The molecule has 1 heterocycles. The SMILES string of the molecule is NC(=O)/C(=C\c1ccccc1)NC(=O)c1ccc(Br)o1. The lowest BCUT2D eigenvalue weighted by Gasteiger charge is -2.05. The molecule has 0 spiro atoms. The van der Waals surface area contributed by atoms with Gasteiger partial charge in [0.1, 0.15) is 5.70 Å². The fourth-order valence-corrected chi connectivity index (χ4v) is 1.81. The molecule has 0 aliphatic carbocycles. The number of furan rings is 1. The van der Waals surface area contributed by atoms with E-state index < -0.39 is 11.8 Å². The Morgan fingerprint density at radius 1 is 1.15 bits per heavy atom. The second-order valence-electron chi connectivity index (χ2n) is 3.89. The highest BCUT2D eigenvalue weighted by atomic mass is 79.9. The molecule has 0 aliphatic heterocycles. The van der Waals surface area contributed by atoms with Crippen molar-refractivity contribution >= 4 is 33.8 Å². The van der Waals surface area contributed by atoms with E-state index in [4.69, 9.17) is 10.2 Å². The Bertz CT molecular complexity index is 662. The molecule has 0 aliphatic rings. The van der Waals surface area contributed by atoms with Gasteiger partial charge in [0.15, 0.2) is 10.4 Å². The first kappa shape index (κ1) is 14.1. The lowest BCUT2D eigenvalue weighted by Crippen LogP contribution is -2.30. The van der Waals surface area contributed by atoms with Crippen LogP contribution in [0.2, 0.25) is 0 Å². The van der Waals surface area contributed by atoms with Gasteiger partial charge in [-0.1, -0.05) is 30.3 Å². The first-order valence-corrected chi connectivity index (χ1v) is 6.49. The molecule has 0 radical (unpaired) electrons. The summed E-state index contributed by atoms with van der Waals surface area (Å²) in [5.74, 6) is -1.19. The van der Waals surface area contributed by atoms with E-state index in [1.165, 1.54) is 12.1 Å². The summed E-state index contributed by atoms with van der Waals surface area (Å²) in [5, 5.41) is 2.43. The van der Waals surface area contributed by atoms with Crippen LogP contribution in [0.5, 0.6) is 0 Å². The van der Waals surface area contributed by atoms with Crippen LogP contribution in [0.3, 0.4) is 0 Å². The van der Waals surface area contributed by atoms with Gasteiger partial charge in [-0.3, -0.25) is 9.59 Å². The molecule has 1 aromatic carbocycles. The van der Waals surface area contributed by atoms with Crippen LogP contribution in [0.15, 0.2) is 57.2 Å². The molecule has 0 atom stereocenters. The number of rotatable bonds is 4. The quantitative estimate of drug-likeness (QED) is 0.841. The summed E-state index contributed by atoms with van der Waals surface area (Å²) >= 11 is 3.10. The summed E-state index contributed by atoms with van der Waals surface area (Å²) in [5.41, 5.74) is 6.00. The Kier molecular flexibility index (Phi) is 4.37. The fourth-order valence-electron chi connectivity index (χ4n) is 1.50. The molecule has 3 N–H and O–H groups in total. The molecule has 1 aromatic heterocycles. The molecule has 0 fully saturated rings. The normalized spacial score (nSPS) is 11.2. The van der Waals surface area contributed by atoms with Crippen LogP contribution in [0.1, 0.15) is 16.1 Å². The van der Waals surface area contributed by atoms with Gasteiger partial charge in [0.2, 0.25) is 0 Å². The number of nitrogens with two attached hydrogens (primary N) is 1. The Morgan fingerprint density at radius 2 is 1.85 bits per heavy atom. The van der Waals surface area contributed by atoms with Gasteiger partial charge in [-0.15, -0.1) is 0 Å². The van der Waals surface area contributed by atoms with E-state index in [0.717, 1.165) is 5.56 Å². The van der Waals surface area contributed by atoms with Gasteiger partial charge in [-0.25, -0.2) is 0 Å². The molecule has 2 aromatic rings. The first-order valence-electron chi connectivity index (χ1n) is 5.69. The Balaban J connectivity index is 2.20. The molecule has 2 amide bonds. The third-order valence-electron chi connectivity index (χ3n) is 2.42. The van der Waals surface area contributed by atoms with Gasteiger partial charge < -0.3 is 15.5 Å². The highest BCUT2D eigenvalue weighted by molar-refractivity contribution is 9.10. The second kappa shape index (κ2) is 6.21. The average molecular weight is 335 g/mol. The predicted octanol–water partition coefficient (Wildman–Crippen LogP) is 2.30. The van der Waals surface area contributed by atoms with Crippen LogP contribution in [-0.4, -0.2) is 11.8 Å². The molecule has 20 heavy (non-hydrogen) atoms. The van der Waals surface area contributed by atoms with Crippen LogP contribution in [0.25, 0.3) is 6.08 Å². The van der Waals surface area contributed by atoms with Crippen molar-refractivity contribution < 1.29 is 14.0 Å². The monoisotopic (exact) mass is 334 g/mol. The van der Waals surface area contributed by atoms with Crippen molar-refractivity contribution in [2.24, 2.45) is 5.73 Å². The zero-order valence-corrected chi connectivity index (χ0v) is 11.9. The van der Waals surface area contributed by atoms with Crippen molar-refractivity contribution in [1.29, 1.82) is 0 Å². The van der Waals surface area contributed by atoms with E-state index in [-0.39, 0.29) is 11.5 Å². The van der Waals surface area contributed by atoms with E-state index in [9.17, 15) is 9.59 Å². The lowest BCUT2D eigenvalue weighted by atomic mass is 10.2. The molecular formula is C14H11BrN2O3. The standard InChI is InChI=1S/C14H11BrN2O3/c15-12-7-6-11(20-12)14(19)17-10(13(16)18)8-9-4-2-1-3-5-9/h1-8H,(H2,16,18)(H,17,19)/b10-8+. The molecule has 2 rings (SSSR count). The molecular weight excluding hydrogens is 324 g/mol. The van der Waals surface area contributed by atoms with Crippen LogP contribution in [0, 0.1) is 0 Å². The van der Waals surface area contributed by atoms with Gasteiger partial charge >= 0.3 is 0 Å². The van der Waals surface area contributed by atoms with Crippen molar-refractivity contribution in [3.8, 4) is 0 Å². The van der Waals surface area contributed by atoms with Gasteiger partial charge in [0, 0.05) is 0 Å². The van der Waals surface area contributed by atoms with E-state index in [1.807, 2.05) is 18.2 Å². The summed E-state index contributed by atoms with van der Waals surface area (Å²) in [7, 11) is 0. The maximum Gasteiger partial charge on any atom is 0.291 e. The van der Waals surface area contributed by atoms with Gasteiger partial charge in [0.05, 0.1) is 0 Å². The molecule has 6 heteroatoms. The van der Waals surface area contributed by atoms with E-state index in [2.05, 4.69) is 21.2 Å². The molecule has 102 valence electrons. The summed E-state index contributed by atoms with van der Waals surface area (Å²) in [6.07, 6.45) is 1.50. The average Bonchev–Trinajstić information content (AvgIpc) is 2.86. The molecule has 0 unspecified atom stereocenters. The Hall–Kier alpha value is -2.34. The van der Waals surface area contributed by atoms with E-state index in [0.29, 0.717) is 4.67 Å². The third-order valence-corrected chi connectivity index (χ3v) is 2.85. The van der Waals surface area contributed by atoms with E-state index in [1.54, 1.807) is 18.2 Å². The summed E-state index contributed by atoms with van der Waals surface area (Å²) in [6, 6.07) is 12.1. The highest BCUT2D eigenvalue weighted by Gasteiger charge is 2.14. The van der Waals surface area contributed by atoms with Crippen molar-refractivity contribution in [2.75, 3.05) is 0 Å². The number of hydrogen-bond donors (Lipinski definition) is 2. The van der Waals surface area contributed by atoms with Gasteiger partial charge in [-0.05, 0) is 39.7 Å². The first-order chi connectivity index (χ1) is 9.56. The highest BCUT2D eigenvalue weighted by Crippen LogP contribution is 2.14. The van der Waals surface area contributed by atoms with Gasteiger partial charge in [0.25, 0.3) is 11.8 Å². The minimum Gasteiger partial charge on any atom is -0.444 e. The van der Waals surface area contributed by atoms with Crippen molar-refractivity contribution in [3.63, 3.8) is 0 Å². The van der Waals surface area contributed by atoms with Crippen LogP contribution >= 0.6 is 15.9 Å². The summed E-state index contributed by atoms with van der Waals surface area (Å²) < 4.78 is 5.53. The largest absolute Gasteiger partial charge is 0.444 e. The number of carbonyl (C=O) groups excluding carboxylic acids is 2. The summed E-state index contributed by atoms with van der Waals surface area (Å²) in [6.45, 7) is 0. The number of halogens is 1. The lowest BCUT2D eigenvalue weighted by molar-refractivity contribution is -0.114. The van der Waals surface area contributed by atoms with Crippen molar-refractivity contribution in [1.82, 2.24) is 5.32 Å². The maximum absolute atomic E-state index is 11.9. The van der Waals surface area contributed by atoms with Crippen molar-refractivity contribution in [3.05, 3.63) is 64.2 Å². The minimum atomic E-state index is -0.729. The summed E-state index contributed by atoms with van der Waals surface area (Å²) in [4.78, 5) is 23.3. The Labute approximate surface area is 123 Å². The van der Waals surface area contributed by atoms with Crippen LogP contribution in [-0.2, 0) is 4.79 Å². The Morgan fingerprint density at radius 3 is 2.40 bits per heavy atom. The zero-order valence-electron chi connectivity index (χ0n) is 10.3. The number of benzene rings is 1. The maximum atomic E-state index is 11.9. The molecule has 0 saturated carbocycles. The van der Waals surface area contributed by atoms with Crippen LogP contribution < -0.4 is 11.1 Å². The minimum absolute atomic E-state index is 0.00581.